The SMILES string of the molecule is c1cc(-c2ccc(NCc3ccoc3)cc2)n2nc(Cc3ccc(CCCN4CCCC4)cc3)nc2c1. The van der Waals surface area contributed by atoms with Crippen molar-refractivity contribution in [1.29, 1.82) is 0 Å². The smallest absolute Gasteiger partial charge is 0.156 e. The third kappa shape index (κ3) is 5.75. The summed E-state index contributed by atoms with van der Waals surface area (Å²) >= 11 is 0. The van der Waals surface area contributed by atoms with E-state index in [2.05, 4.69) is 64.8 Å². The van der Waals surface area contributed by atoms with Gasteiger partial charge in [-0.3, -0.25) is 0 Å². The third-order valence-corrected chi connectivity index (χ3v) is 7.18. The number of benzene rings is 2. The molecule has 1 aliphatic heterocycles. The molecule has 0 unspecified atom stereocenters. The lowest BCUT2D eigenvalue weighted by atomic mass is 10.1. The number of pyridine rings is 1. The Labute approximate surface area is 218 Å². The van der Waals surface area contributed by atoms with E-state index in [1.807, 2.05) is 22.7 Å². The molecule has 188 valence electrons. The summed E-state index contributed by atoms with van der Waals surface area (Å²) in [4.78, 5) is 7.40. The van der Waals surface area contributed by atoms with Gasteiger partial charge in [0.25, 0.3) is 0 Å². The van der Waals surface area contributed by atoms with Gasteiger partial charge in [0.15, 0.2) is 11.5 Å². The van der Waals surface area contributed by atoms with Gasteiger partial charge in [0.05, 0.1) is 18.2 Å². The molecule has 1 aliphatic rings. The largest absolute Gasteiger partial charge is 0.472 e. The van der Waals surface area contributed by atoms with Crippen molar-refractivity contribution in [1.82, 2.24) is 19.5 Å². The maximum Gasteiger partial charge on any atom is 0.156 e. The summed E-state index contributed by atoms with van der Waals surface area (Å²) in [6, 6.07) is 25.6. The van der Waals surface area contributed by atoms with Gasteiger partial charge in [0.2, 0.25) is 0 Å². The van der Waals surface area contributed by atoms with Crippen LogP contribution in [0.5, 0.6) is 0 Å². The maximum atomic E-state index is 5.14. The molecule has 4 heterocycles. The molecule has 0 aliphatic carbocycles. The molecule has 1 N–H and O–H groups in total. The van der Waals surface area contributed by atoms with E-state index < -0.39 is 0 Å². The summed E-state index contributed by atoms with van der Waals surface area (Å²) in [5.41, 5.74) is 7.85. The van der Waals surface area contributed by atoms with E-state index >= 15 is 0 Å². The maximum absolute atomic E-state index is 5.14. The number of nitrogens with one attached hydrogen (secondary N) is 1. The van der Waals surface area contributed by atoms with Crippen molar-refractivity contribution < 1.29 is 4.42 Å². The van der Waals surface area contributed by atoms with Crippen LogP contribution in [0.3, 0.4) is 0 Å². The Kier molecular flexibility index (Phi) is 6.99. The summed E-state index contributed by atoms with van der Waals surface area (Å²) in [5, 5.41) is 8.29. The number of rotatable bonds is 10. The third-order valence-electron chi connectivity index (χ3n) is 7.18. The van der Waals surface area contributed by atoms with Crippen molar-refractivity contribution in [3.05, 3.63) is 108 Å². The van der Waals surface area contributed by atoms with E-state index in [-0.39, 0.29) is 0 Å². The van der Waals surface area contributed by atoms with Gasteiger partial charge in [0.1, 0.15) is 0 Å². The summed E-state index contributed by atoms with van der Waals surface area (Å²) in [6.07, 6.45) is 9.29. The van der Waals surface area contributed by atoms with Gasteiger partial charge in [-0.25, -0.2) is 9.50 Å². The molecule has 3 aromatic heterocycles. The highest BCUT2D eigenvalue weighted by molar-refractivity contribution is 5.65. The summed E-state index contributed by atoms with van der Waals surface area (Å²) < 4.78 is 7.09. The normalized spacial score (nSPS) is 13.9. The zero-order chi connectivity index (χ0) is 24.9. The van der Waals surface area contributed by atoms with E-state index in [0.717, 1.165) is 53.4 Å². The molecular formula is C31H33N5O. The molecule has 37 heavy (non-hydrogen) atoms. The second-order valence-electron chi connectivity index (χ2n) is 9.92. The van der Waals surface area contributed by atoms with Crippen molar-refractivity contribution >= 4 is 11.3 Å². The first kappa shape index (κ1) is 23.5. The first-order chi connectivity index (χ1) is 18.3. The fourth-order valence-electron chi connectivity index (χ4n) is 5.12. The molecule has 0 saturated carbocycles. The van der Waals surface area contributed by atoms with E-state index in [0.29, 0.717) is 0 Å². The summed E-state index contributed by atoms with van der Waals surface area (Å²) in [6.45, 7) is 4.52. The molecular weight excluding hydrogens is 458 g/mol. The minimum Gasteiger partial charge on any atom is -0.472 e. The first-order valence-electron chi connectivity index (χ1n) is 13.3. The topological polar surface area (TPSA) is 58.6 Å². The molecule has 6 heteroatoms. The number of aryl methyl sites for hydroxylation is 1. The van der Waals surface area contributed by atoms with Crippen LogP contribution in [0, 0.1) is 0 Å². The lowest BCUT2D eigenvalue weighted by molar-refractivity contribution is 0.334. The molecule has 0 radical (unpaired) electrons. The lowest BCUT2D eigenvalue weighted by Gasteiger charge is -2.13. The second kappa shape index (κ2) is 11.0. The van der Waals surface area contributed by atoms with Crippen molar-refractivity contribution in [3.8, 4) is 11.3 Å². The van der Waals surface area contributed by atoms with Gasteiger partial charge in [-0.2, -0.15) is 5.10 Å². The van der Waals surface area contributed by atoms with Crippen molar-refractivity contribution in [2.75, 3.05) is 25.0 Å². The molecule has 6 nitrogen and oxygen atoms in total. The Hall–Kier alpha value is -3.90. The average Bonchev–Trinajstić information content (AvgIpc) is 3.71. The molecule has 0 amide bonds. The highest BCUT2D eigenvalue weighted by Gasteiger charge is 2.12. The number of hydrogen-bond acceptors (Lipinski definition) is 5. The van der Waals surface area contributed by atoms with Crippen LogP contribution in [0.15, 0.2) is 89.7 Å². The molecule has 2 aromatic carbocycles. The van der Waals surface area contributed by atoms with E-state index in [1.165, 1.54) is 50.0 Å². The van der Waals surface area contributed by atoms with Crippen LogP contribution in [0.25, 0.3) is 16.9 Å². The van der Waals surface area contributed by atoms with Crippen molar-refractivity contribution in [3.63, 3.8) is 0 Å². The van der Waals surface area contributed by atoms with Crippen molar-refractivity contribution in [2.45, 2.75) is 38.6 Å². The number of fused-ring (bicyclic) bond motifs is 1. The van der Waals surface area contributed by atoms with Crippen LogP contribution < -0.4 is 5.32 Å². The minimum absolute atomic E-state index is 0.728. The Morgan fingerprint density at radius 1 is 0.838 bits per heavy atom. The van der Waals surface area contributed by atoms with Gasteiger partial charge in [0, 0.05) is 29.8 Å². The van der Waals surface area contributed by atoms with Crippen LogP contribution in [0.4, 0.5) is 5.69 Å². The Morgan fingerprint density at radius 3 is 2.43 bits per heavy atom. The number of anilines is 1. The van der Waals surface area contributed by atoms with Crippen LogP contribution in [-0.4, -0.2) is 39.1 Å². The predicted octanol–water partition coefficient (Wildman–Crippen LogP) is 6.22. The van der Waals surface area contributed by atoms with E-state index in [9.17, 15) is 0 Å². The van der Waals surface area contributed by atoms with Crippen LogP contribution in [0.1, 0.15) is 41.8 Å². The molecule has 0 bridgehead atoms. The standard InChI is InChI=1S/C31H33N5O/c1-2-18-35(17-1)19-4-5-24-8-10-25(11-9-24)21-30-33-31-7-3-6-29(36(31)34-30)27-12-14-28(15-13-27)32-22-26-16-20-37-23-26/h3,6-16,20,23,32H,1-2,4-5,17-19,21-22H2. The number of likely N-dealkylation sites (tertiary alicyclic amines) is 1. The Bertz CT molecular complexity index is 1420. The van der Waals surface area contributed by atoms with Gasteiger partial charge in [-0.1, -0.05) is 42.5 Å². The van der Waals surface area contributed by atoms with Crippen molar-refractivity contribution in [2.24, 2.45) is 0 Å². The number of aromatic nitrogens is 3. The molecule has 0 atom stereocenters. The quantitative estimate of drug-likeness (QED) is 0.251. The Balaban J connectivity index is 1.10. The van der Waals surface area contributed by atoms with Gasteiger partial charge in [-0.15, -0.1) is 0 Å². The number of furan rings is 1. The van der Waals surface area contributed by atoms with Crippen LogP contribution >= 0.6 is 0 Å². The fraction of sp³-hybridized carbons (Fsp3) is 0.290. The summed E-state index contributed by atoms with van der Waals surface area (Å²) in [5.74, 6) is 0.840. The molecule has 1 fully saturated rings. The molecule has 5 aromatic rings. The van der Waals surface area contributed by atoms with Crippen LogP contribution in [-0.2, 0) is 19.4 Å². The highest BCUT2D eigenvalue weighted by atomic mass is 16.3. The number of hydrogen-bond donors (Lipinski definition) is 1. The monoisotopic (exact) mass is 491 g/mol. The van der Waals surface area contributed by atoms with Gasteiger partial charge < -0.3 is 14.6 Å². The average molecular weight is 492 g/mol. The highest BCUT2D eigenvalue weighted by Crippen LogP contribution is 2.23. The zero-order valence-electron chi connectivity index (χ0n) is 21.1. The van der Waals surface area contributed by atoms with E-state index in [1.54, 1.807) is 12.5 Å². The fourth-order valence-corrected chi connectivity index (χ4v) is 5.12. The minimum atomic E-state index is 0.728. The lowest BCUT2D eigenvalue weighted by Crippen LogP contribution is -2.20. The Morgan fingerprint density at radius 2 is 1.65 bits per heavy atom. The first-order valence-corrected chi connectivity index (χ1v) is 13.3. The van der Waals surface area contributed by atoms with Crippen LogP contribution in [0.2, 0.25) is 0 Å². The number of nitrogens with zero attached hydrogens (tertiary/aromatic N) is 4. The molecule has 6 rings (SSSR count). The summed E-state index contributed by atoms with van der Waals surface area (Å²) in [7, 11) is 0. The van der Waals surface area contributed by atoms with Gasteiger partial charge in [-0.05, 0) is 86.8 Å². The van der Waals surface area contributed by atoms with E-state index in [4.69, 9.17) is 14.5 Å². The zero-order valence-corrected chi connectivity index (χ0v) is 21.1. The van der Waals surface area contributed by atoms with Gasteiger partial charge >= 0.3 is 0 Å². The predicted molar refractivity (Wildman–Crippen MR) is 148 cm³/mol. The molecule has 1 saturated heterocycles. The molecule has 0 spiro atoms. The second-order valence-corrected chi connectivity index (χ2v) is 9.92.